The fourth-order valence-corrected chi connectivity index (χ4v) is 2.47. The van der Waals surface area contributed by atoms with E-state index in [1.807, 2.05) is 6.92 Å². The minimum Gasteiger partial charge on any atom is -0.484 e. The lowest BCUT2D eigenvalue weighted by atomic mass is 10.1. The van der Waals surface area contributed by atoms with Gasteiger partial charge in [0.1, 0.15) is 5.75 Å². The molecule has 2 rings (SSSR count). The number of rotatable bonds is 8. The summed E-state index contributed by atoms with van der Waals surface area (Å²) in [6.07, 6.45) is -2.67. The van der Waals surface area contributed by atoms with Crippen molar-refractivity contribution in [2.24, 2.45) is 5.10 Å². The zero-order chi connectivity index (χ0) is 24.4. The van der Waals surface area contributed by atoms with E-state index in [1.54, 1.807) is 19.1 Å². The van der Waals surface area contributed by atoms with E-state index < -0.39 is 36.1 Å². The monoisotopic (exact) mass is 464 g/mol. The summed E-state index contributed by atoms with van der Waals surface area (Å²) in [5, 5.41) is 8.37. The first kappa shape index (κ1) is 25.4. The van der Waals surface area contributed by atoms with E-state index in [-0.39, 0.29) is 17.5 Å². The Labute approximate surface area is 188 Å². The largest absolute Gasteiger partial charge is 0.484 e. The molecular formula is C22H23F3N4O4. The average molecular weight is 464 g/mol. The van der Waals surface area contributed by atoms with Crippen LogP contribution in [-0.4, -0.2) is 36.6 Å². The molecular weight excluding hydrogens is 441 g/mol. The third kappa shape index (κ3) is 8.28. The fourth-order valence-electron chi connectivity index (χ4n) is 2.47. The standard InChI is InChI=1S/C22H23F3N4O4/c1-3-14(2)27-20(31)21(32)29-26-12-15-7-6-8-16(11-15)33-13-19(30)28-18-10-5-4-9-17(18)22(23,24)25/h4-12,14H,3,13H2,1-2H3,(H,27,31)(H,28,30)(H,29,32)/b26-12-/t14-/m0/s1. The molecule has 0 fully saturated rings. The summed E-state index contributed by atoms with van der Waals surface area (Å²) in [6, 6.07) is 10.7. The maximum Gasteiger partial charge on any atom is 0.418 e. The van der Waals surface area contributed by atoms with Gasteiger partial charge in [0.2, 0.25) is 0 Å². The number of amides is 3. The molecule has 3 N–H and O–H groups in total. The zero-order valence-corrected chi connectivity index (χ0v) is 17.9. The molecule has 0 aliphatic heterocycles. The Kier molecular flexibility index (Phi) is 8.96. The van der Waals surface area contributed by atoms with Crippen LogP contribution in [-0.2, 0) is 20.6 Å². The van der Waals surface area contributed by atoms with Crippen LogP contribution in [0.15, 0.2) is 53.6 Å². The van der Waals surface area contributed by atoms with Crippen LogP contribution in [0.2, 0.25) is 0 Å². The number of halogens is 3. The number of carbonyl (C=O) groups is 3. The summed E-state index contributed by atoms with van der Waals surface area (Å²) in [7, 11) is 0. The third-order valence-corrected chi connectivity index (χ3v) is 4.31. The quantitative estimate of drug-likeness (QED) is 0.317. The Bertz CT molecular complexity index is 1020. The molecule has 0 radical (unpaired) electrons. The van der Waals surface area contributed by atoms with Gasteiger partial charge in [-0.3, -0.25) is 14.4 Å². The van der Waals surface area contributed by atoms with Crippen LogP contribution >= 0.6 is 0 Å². The number of nitrogens with one attached hydrogen (secondary N) is 3. The first-order valence-corrected chi connectivity index (χ1v) is 9.93. The minimum absolute atomic E-state index is 0.153. The summed E-state index contributed by atoms with van der Waals surface area (Å²) in [6.45, 7) is 3.09. The van der Waals surface area contributed by atoms with E-state index in [4.69, 9.17) is 4.74 Å². The first-order valence-electron chi connectivity index (χ1n) is 9.93. The molecule has 0 aliphatic carbocycles. The number of alkyl halides is 3. The lowest BCUT2D eigenvalue weighted by Crippen LogP contribution is -2.41. The van der Waals surface area contributed by atoms with E-state index in [9.17, 15) is 27.6 Å². The number of hydrogen-bond acceptors (Lipinski definition) is 5. The highest BCUT2D eigenvalue weighted by molar-refractivity contribution is 6.35. The van der Waals surface area contributed by atoms with Crippen molar-refractivity contribution in [3.8, 4) is 5.75 Å². The van der Waals surface area contributed by atoms with Gasteiger partial charge in [-0.1, -0.05) is 31.2 Å². The molecule has 0 aromatic heterocycles. The molecule has 0 bridgehead atoms. The van der Waals surface area contributed by atoms with Crippen LogP contribution in [0.4, 0.5) is 18.9 Å². The molecule has 2 aromatic carbocycles. The molecule has 0 spiro atoms. The number of hydrazone groups is 1. The lowest BCUT2D eigenvalue weighted by molar-refractivity contribution is -0.139. The second kappa shape index (κ2) is 11.7. The van der Waals surface area contributed by atoms with Crippen LogP contribution < -0.4 is 20.8 Å². The second-order valence-electron chi connectivity index (χ2n) is 6.93. The van der Waals surface area contributed by atoms with E-state index in [0.717, 1.165) is 12.1 Å². The van der Waals surface area contributed by atoms with Crippen molar-refractivity contribution in [1.29, 1.82) is 0 Å². The predicted molar refractivity (Wildman–Crippen MR) is 116 cm³/mol. The minimum atomic E-state index is -4.61. The van der Waals surface area contributed by atoms with Crippen molar-refractivity contribution in [3.63, 3.8) is 0 Å². The van der Waals surface area contributed by atoms with E-state index in [1.165, 1.54) is 30.5 Å². The highest BCUT2D eigenvalue weighted by atomic mass is 19.4. The number of para-hydroxylation sites is 1. The molecule has 0 saturated heterocycles. The van der Waals surface area contributed by atoms with Gasteiger partial charge in [-0.15, -0.1) is 0 Å². The molecule has 1 atom stereocenters. The van der Waals surface area contributed by atoms with Crippen molar-refractivity contribution in [2.75, 3.05) is 11.9 Å². The summed E-state index contributed by atoms with van der Waals surface area (Å²) in [5.41, 5.74) is 1.25. The Hall–Kier alpha value is -3.89. The van der Waals surface area contributed by atoms with Crippen molar-refractivity contribution in [2.45, 2.75) is 32.5 Å². The Morgan fingerprint density at radius 1 is 1.09 bits per heavy atom. The van der Waals surface area contributed by atoms with Gasteiger partial charge in [0, 0.05) is 6.04 Å². The van der Waals surface area contributed by atoms with Gasteiger partial charge in [-0.05, 0) is 43.2 Å². The zero-order valence-electron chi connectivity index (χ0n) is 17.9. The Morgan fingerprint density at radius 2 is 1.82 bits per heavy atom. The van der Waals surface area contributed by atoms with Crippen LogP contribution in [0.25, 0.3) is 0 Å². The average Bonchev–Trinajstić information content (AvgIpc) is 2.77. The van der Waals surface area contributed by atoms with Crippen molar-refractivity contribution in [3.05, 3.63) is 59.7 Å². The highest BCUT2D eigenvalue weighted by Crippen LogP contribution is 2.34. The van der Waals surface area contributed by atoms with Crippen LogP contribution in [0.5, 0.6) is 5.75 Å². The molecule has 3 amide bonds. The highest BCUT2D eigenvalue weighted by Gasteiger charge is 2.33. The summed E-state index contributed by atoms with van der Waals surface area (Å²) in [4.78, 5) is 35.4. The topological polar surface area (TPSA) is 109 Å². The third-order valence-electron chi connectivity index (χ3n) is 4.31. The lowest BCUT2D eigenvalue weighted by Gasteiger charge is -2.13. The first-order chi connectivity index (χ1) is 15.6. The molecule has 8 nitrogen and oxygen atoms in total. The normalized spacial score (nSPS) is 12.2. The molecule has 0 heterocycles. The number of carbonyl (C=O) groups excluding carboxylic acids is 3. The van der Waals surface area contributed by atoms with Crippen LogP contribution in [0, 0.1) is 0 Å². The van der Waals surface area contributed by atoms with Crippen molar-refractivity contribution >= 4 is 29.6 Å². The van der Waals surface area contributed by atoms with E-state index >= 15 is 0 Å². The number of nitrogens with zero attached hydrogens (tertiary/aromatic N) is 1. The van der Waals surface area contributed by atoms with Gasteiger partial charge in [0.05, 0.1) is 17.5 Å². The van der Waals surface area contributed by atoms with Gasteiger partial charge < -0.3 is 15.4 Å². The SMILES string of the molecule is CC[C@H](C)NC(=O)C(=O)N/N=C\c1cccc(OCC(=O)Nc2ccccc2C(F)(F)F)c1. The molecule has 33 heavy (non-hydrogen) atoms. The second-order valence-corrected chi connectivity index (χ2v) is 6.93. The molecule has 0 unspecified atom stereocenters. The van der Waals surface area contributed by atoms with Gasteiger partial charge in [0.25, 0.3) is 5.91 Å². The van der Waals surface area contributed by atoms with Crippen LogP contribution in [0.1, 0.15) is 31.4 Å². The number of benzene rings is 2. The number of anilines is 1. The number of ether oxygens (including phenoxy) is 1. The van der Waals surface area contributed by atoms with Gasteiger partial charge in [-0.2, -0.15) is 18.3 Å². The summed E-state index contributed by atoms with van der Waals surface area (Å²) < 4.78 is 44.4. The van der Waals surface area contributed by atoms with Gasteiger partial charge in [-0.25, -0.2) is 5.43 Å². The maximum atomic E-state index is 13.0. The molecule has 176 valence electrons. The maximum absolute atomic E-state index is 13.0. The van der Waals surface area contributed by atoms with E-state index in [2.05, 4.69) is 21.2 Å². The molecule has 2 aromatic rings. The van der Waals surface area contributed by atoms with Gasteiger partial charge in [0.15, 0.2) is 6.61 Å². The van der Waals surface area contributed by atoms with Crippen molar-refractivity contribution < 1.29 is 32.3 Å². The molecule has 11 heteroatoms. The molecule has 0 saturated carbocycles. The Balaban J connectivity index is 1.90. The summed E-state index contributed by atoms with van der Waals surface area (Å²) >= 11 is 0. The van der Waals surface area contributed by atoms with Crippen molar-refractivity contribution in [1.82, 2.24) is 10.7 Å². The van der Waals surface area contributed by atoms with Crippen LogP contribution in [0.3, 0.4) is 0 Å². The summed E-state index contributed by atoms with van der Waals surface area (Å²) in [5.74, 6) is -2.25. The molecule has 0 aliphatic rings. The smallest absolute Gasteiger partial charge is 0.418 e. The predicted octanol–water partition coefficient (Wildman–Crippen LogP) is 3.09. The fraction of sp³-hybridized carbons (Fsp3) is 0.273. The number of hydrogen-bond donors (Lipinski definition) is 3. The Morgan fingerprint density at radius 3 is 2.52 bits per heavy atom. The van der Waals surface area contributed by atoms with E-state index in [0.29, 0.717) is 12.0 Å². The van der Waals surface area contributed by atoms with Gasteiger partial charge >= 0.3 is 18.0 Å².